The zero-order valence-electron chi connectivity index (χ0n) is 33.1. The van der Waals surface area contributed by atoms with Crippen molar-refractivity contribution in [1.29, 1.82) is 0 Å². The monoisotopic (exact) mass is 788 g/mol. The van der Waals surface area contributed by atoms with Gasteiger partial charge in [0.05, 0.1) is 6.04 Å². The van der Waals surface area contributed by atoms with Gasteiger partial charge < -0.3 is 48.1 Å². The fourth-order valence-electron chi connectivity index (χ4n) is 7.17. The molecule has 2 aromatic rings. The number of benzene rings is 2. The van der Waals surface area contributed by atoms with Gasteiger partial charge in [0, 0.05) is 44.6 Å². The van der Waals surface area contributed by atoms with E-state index in [0.717, 1.165) is 29.5 Å². The lowest BCUT2D eigenvalue weighted by Gasteiger charge is -2.30. The molecule has 0 aromatic heterocycles. The van der Waals surface area contributed by atoms with E-state index in [0.29, 0.717) is 38.8 Å². The first-order valence-corrected chi connectivity index (χ1v) is 20.1. The molecule has 6 amide bonds. The predicted molar refractivity (Wildman–Crippen MR) is 216 cm³/mol. The third-order valence-electron chi connectivity index (χ3n) is 10.6. The summed E-state index contributed by atoms with van der Waals surface area (Å²) in [7, 11) is 0. The fraction of sp³-hybridized carbons (Fsp3) is 0.524. The number of nitrogens with zero attached hydrogens (tertiary/aromatic N) is 1. The molecule has 1 fully saturated rings. The minimum atomic E-state index is -1.16. The zero-order valence-corrected chi connectivity index (χ0v) is 33.1. The Morgan fingerprint density at radius 2 is 1.68 bits per heavy atom. The number of hydrogen-bond donors (Lipinski definition) is 8. The van der Waals surface area contributed by atoms with E-state index < -0.39 is 59.7 Å². The van der Waals surface area contributed by atoms with E-state index >= 15 is 0 Å². The minimum absolute atomic E-state index is 0.0753. The van der Waals surface area contributed by atoms with Crippen LogP contribution in [0.3, 0.4) is 0 Å². The maximum absolute atomic E-state index is 14.2. The number of aromatic hydroxyl groups is 1. The standard InChI is InChI=1S/C42H60N8O7/c1-3-27(2)39-41(56)46-31(22-28-13-16-33(51)17-14-28)15-18-36(52)45-26-34(48-37(53)12-5-4-6-19-43)42(57)50-20-8-11-35(50)40(55)47-32(24-38(54)49-39)23-29-9-7-10-30(21-29)25-44/h7,9-10,13-18,21,27,31-32,34-35,39,51H,3-6,8,11-12,19-20,22-26,43-44H2,1-2H3,(H,45,52)(H,46,56)(H,47,55)(H,48,53)(H,49,54)/b18-15+/t27-,31+,32-,34-,35-,39+/m0/s1. The number of nitrogens with two attached hydrogens (primary N) is 2. The molecule has 0 bridgehead atoms. The smallest absolute Gasteiger partial charge is 0.247 e. The molecule has 1 saturated heterocycles. The summed E-state index contributed by atoms with van der Waals surface area (Å²) in [5.74, 6) is -3.00. The van der Waals surface area contributed by atoms with Crippen molar-refractivity contribution >= 4 is 35.4 Å². The average Bonchev–Trinajstić information content (AvgIpc) is 3.69. The Bertz CT molecular complexity index is 1720. The number of phenolic OH excluding ortho intramolecular Hbond substituents is 1. The molecule has 2 aliphatic heterocycles. The van der Waals surface area contributed by atoms with Gasteiger partial charge in [-0.2, -0.15) is 0 Å². The first-order chi connectivity index (χ1) is 27.4. The number of nitrogens with one attached hydrogen (secondary N) is 5. The number of carbonyl (C=O) groups excluding carboxylic acids is 6. The highest BCUT2D eigenvalue weighted by Crippen LogP contribution is 2.21. The van der Waals surface area contributed by atoms with Gasteiger partial charge in [-0.05, 0) is 79.8 Å². The fourth-order valence-corrected chi connectivity index (χ4v) is 7.17. The van der Waals surface area contributed by atoms with Crippen molar-refractivity contribution in [3.8, 4) is 5.75 Å². The summed E-state index contributed by atoms with van der Waals surface area (Å²) in [5, 5.41) is 24.3. The number of amides is 6. The summed E-state index contributed by atoms with van der Waals surface area (Å²) in [4.78, 5) is 83.8. The topological polar surface area (TPSA) is 238 Å². The highest BCUT2D eigenvalue weighted by atomic mass is 16.3. The van der Waals surface area contributed by atoms with Crippen LogP contribution in [0.25, 0.3) is 0 Å². The molecule has 2 heterocycles. The number of rotatable bonds is 13. The molecule has 6 atom stereocenters. The number of carbonyl (C=O) groups is 6. The van der Waals surface area contributed by atoms with Crippen molar-refractivity contribution in [3.63, 3.8) is 0 Å². The SMILES string of the molecule is CC[C@H](C)[C@H]1NC(=O)C[C@H](Cc2cccc(CN)c2)NC(=O)[C@@H]2CCCN2C(=O)[C@@H](NC(=O)CCCCCN)CNC(=O)/C=C/[C@H](Cc2ccc(O)cc2)NC1=O. The van der Waals surface area contributed by atoms with Gasteiger partial charge in [0.1, 0.15) is 23.9 Å². The lowest BCUT2D eigenvalue weighted by molar-refractivity contribution is -0.141. The van der Waals surface area contributed by atoms with Gasteiger partial charge >= 0.3 is 0 Å². The Morgan fingerprint density at radius 3 is 2.40 bits per heavy atom. The van der Waals surface area contributed by atoms with Crippen LogP contribution < -0.4 is 38.1 Å². The van der Waals surface area contributed by atoms with Crippen molar-refractivity contribution in [2.24, 2.45) is 17.4 Å². The number of phenols is 1. The summed E-state index contributed by atoms with van der Waals surface area (Å²) in [5.41, 5.74) is 14.0. The maximum Gasteiger partial charge on any atom is 0.247 e. The van der Waals surface area contributed by atoms with Gasteiger partial charge in [-0.1, -0.05) is 69.2 Å². The molecule has 0 saturated carbocycles. The Kier molecular flexibility index (Phi) is 17.5. The lowest BCUT2D eigenvalue weighted by atomic mass is 9.96. The van der Waals surface area contributed by atoms with E-state index in [1.807, 2.05) is 38.1 Å². The van der Waals surface area contributed by atoms with Gasteiger partial charge in [0.25, 0.3) is 0 Å². The summed E-state index contributed by atoms with van der Waals surface area (Å²) in [6.45, 7) is 4.61. The molecule has 0 aliphatic carbocycles. The summed E-state index contributed by atoms with van der Waals surface area (Å²) in [6, 6.07) is 9.61. The van der Waals surface area contributed by atoms with Crippen molar-refractivity contribution in [3.05, 3.63) is 77.4 Å². The van der Waals surface area contributed by atoms with Crippen LogP contribution in [0.5, 0.6) is 5.75 Å². The van der Waals surface area contributed by atoms with E-state index in [1.165, 1.54) is 29.2 Å². The molecular weight excluding hydrogens is 729 g/mol. The second kappa shape index (κ2) is 22.5. The molecule has 2 aliphatic rings. The zero-order chi connectivity index (χ0) is 41.3. The van der Waals surface area contributed by atoms with Gasteiger partial charge in [-0.3, -0.25) is 28.8 Å². The lowest BCUT2D eigenvalue weighted by Crippen LogP contribution is -2.57. The van der Waals surface area contributed by atoms with Gasteiger partial charge in [-0.25, -0.2) is 0 Å². The van der Waals surface area contributed by atoms with Crippen LogP contribution in [0.2, 0.25) is 0 Å². The van der Waals surface area contributed by atoms with E-state index in [-0.39, 0.29) is 56.3 Å². The minimum Gasteiger partial charge on any atom is -0.508 e. The summed E-state index contributed by atoms with van der Waals surface area (Å²) < 4.78 is 0. The normalized spacial score (nSPS) is 23.8. The van der Waals surface area contributed by atoms with Crippen LogP contribution in [-0.4, -0.2) is 95.3 Å². The van der Waals surface area contributed by atoms with E-state index in [2.05, 4.69) is 26.6 Å². The summed E-state index contributed by atoms with van der Waals surface area (Å²) >= 11 is 0. The quantitative estimate of drug-likeness (QED) is 0.136. The molecule has 0 spiro atoms. The van der Waals surface area contributed by atoms with Crippen molar-refractivity contribution in [2.75, 3.05) is 19.6 Å². The highest BCUT2D eigenvalue weighted by molar-refractivity contribution is 5.94. The second-order valence-corrected chi connectivity index (χ2v) is 15.1. The van der Waals surface area contributed by atoms with E-state index in [9.17, 15) is 33.9 Å². The molecule has 310 valence electrons. The molecule has 0 radical (unpaired) electrons. The van der Waals surface area contributed by atoms with Crippen LogP contribution in [0.4, 0.5) is 0 Å². The van der Waals surface area contributed by atoms with Crippen molar-refractivity contribution in [2.45, 2.75) is 115 Å². The third kappa shape index (κ3) is 14.0. The molecular formula is C42H60N8O7. The van der Waals surface area contributed by atoms with Gasteiger partial charge in [0.15, 0.2) is 0 Å². The Morgan fingerprint density at radius 1 is 0.930 bits per heavy atom. The second-order valence-electron chi connectivity index (χ2n) is 15.1. The van der Waals surface area contributed by atoms with Crippen LogP contribution in [0, 0.1) is 5.92 Å². The Hall–Kier alpha value is -5.28. The van der Waals surface area contributed by atoms with Crippen molar-refractivity contribution < 1.29 is 33.9 Å². The Balaban J connectivity index is 1.69. The van der Waals surface area contributed by atoms with E-state index in [4.69, 9.17) is 11.5 Å². The van der Waals surface area contributed by atoms with Crippen LogP contribution in [-0.2, 0) is 48.2 Å². The van der Waals surface area contributed by atoms with Crippen molar-refractivity contribution in [1.82, 2.24) is 31.5 Å². The van der Waals surface area contributed by atoms with E-state index in [1.54, 1.807) is 12.1 Å². The number of unbranched alkanes of at least 4 members (excludes halogenated alkanes) is 2. The third-order valence-corrected chi connectivity index (χ3v) is 10.6. The molecule has 57 heavy (non-hydrogen) atoms. The Labute approximate surface area is 335 Å². The summed E-state index contributed by atoms with van der Waals surface area (Å²) in [6.07, 6.45) is 6.88. The molecule has 15 heteroatoms. The number of hydrogen-bond acceptors (Lipinski definition) is 9. The first-order valence-electron chi connectivity index (χ1n) is 20.1. The van der Waals surface area contributed by atoms with Gasteiger partial charge in [-0.15, -0.1) is 0 Å². The maximum atomic E-state index is 14.2. The highest BCUT2D eigenvalue weighted by Gasteiger charge is 2.39. The van der Waals surface area contributed by atoms with Crippen LogP contribution >= 0.6 is 0 Å². The molecule has 15 nitrogen and oxygen atoms in total. The average molecular weight is 789 g/mol. The van der Waals surface area contributed by atoms with Crippen LogP contribution in [0.1, 0.15) is 81.9 Å². The molecule has 4 rings (SSSR count). The molecule has 2 aromatic carbocycles. The number of fused-ring (bicyclic) bond motifs is 1. The largest absolute Gasteiger partial charge is 0.508 e. The first kappa shape index (κ1) is 44.4. The van der Waals surface area contributed by atoms with Gasteiger partial charge in [0.2, 0.25) is 35.4 Å². The predicted octanol–water partition coefficient (Wildman–Crippen LogP) is 1.21. The molecule has 10 N–H and O–H groups in total. The van der Waals surface area contributed by atoms with Crippen LogP contribution in [0.15, 0.2) is 60.7 Å². The molecule has 0 unspecified atom stereocenters.